The van der Waals surface area contributed by atoms with Gasteiger partial charge in [-0.1, -0.05) is 12.1 Å². The third-order valence-corrected chi connectivity index (χ3v) is 6.76. The molecule has 4 heterocycles. The van der Waals surface area contributed by atoms with E-state index in [0.29, 0.717) is 24.2 Å². The van der Waals surface area contributed by atoms with Gasteiger partial charge < -0.3 is 9.88 Å². The van der Waals surface area contributed by atoms with Crippen molar-refractivity contribution >= 4 is 17.2 Å². The van der Waals surface area contributed by atoms with Gasteiger partial charge in [-0.05, 0) is 38.8 Å². The number of aryl methyl sites for hydroxylation is 2. The van der Waals surface area contributed by atoms with Gasteiger partial charge in [-0.2, -0.15) is 0 Å². The molecule has 0 unspecified atom stereocenters. The number of hydrogen-bond donors (Lipinski definition) is 1. The van der Waals surface area contributed by atoms with Gasteiger partial charge in [-0.3, -0.25) is 9.59 Å². The zero-order valence-electron chi connectivity index (χ0n) is 16.4. The molecule has 29 heavy (non-hydrogen) atoms. The number of fused-ring (bicyclic) bond motifs is 3. The van der Waals surface area contributed by atoms with E-state index < -0.39 is 0 Å². The number of nitrogens with one attached hydrogen (secondary N) is 1. The highest BCUT2D eigenvalue weighted by Gasteiger charge is 2.41. The van der Waals surface area contributed by atoms with Crippen molar-refractivity contribution in [2.24, 2.45) is 0 Å². The predicted molar refractivity (Wildman–Crippen MR) is 112 cm³/mol. The van der Waals surface area contributed by atoms with Gasteiger partial charge in [0.2, 0.25) is 0 Å². The van der Waals surface area contributed by atoms with Crippen molar-refractivity contribution < 1.29 is 4.79 Å². The second kappa shape index (κ2) is 6.91. The first-order valence-electron chi connectivity index (χ1n) is 9.93. The zero-order valence-corrected chi connectivity index (χ0v) is 17.3. The minimum atomic E-state index is -0.0599. The summed E-state index contributed by atoms with van der Waals surface area (Å²) in [5, 5.41) is 3.06. The largest absolute Gasteiger partial charge is 0.332 e. The Kier molecular flexibility index (Phi) is 4.35. The lowest BCUT2D eigenvalue weighted by Crippen LogP contribution is -2.41. The van der Waals surface area contributed by atoms with E-state index in [2.05, 4.69) is 15.0 Å². The van der Waals surface area contributed by atoms with Crippen LogP contribution < -0.4 is 5.56 Å². The van der Waals surface area contributed by atoms with Crippen molar-refractivity contribution in [1.29, 1.82) is 0 Å². The number of carbonyl (C=O) groups is 1. The Morgan fingerprint density at radius 3 is 2.52 bits per heavy atom. The molecule has 1 saturated heterocycles. The summed E-state index contributed by atoms with van der Waals surface area (Å²) >= 11 is 1.62. The molecule has 0 radical (unpaired) electrons. The number of carbonyl (C=O) groups excluding carboxylic acids is 1. The van der Waals surface area contributed by atoms with Crippen molar-refractivity contribution in [3.05, 3.63) is 67.7 Å². The number of nitrogens with zero attached hydrogens (tertiary/aromatic N) is 3. The van der Waals surface area contributed by atoms with Crippen molar-refractivity contribution in [3.8, 4) is 11.3 Å². The first-order chi connectivity index (χ1) is 14.0. The highest BCUT2D eigenvalue weighted by molar-refractivity contribution is 7.09. The van der Waals surface area contributed by atoms with E-state index in [1.807, 2.05) is 41.5 Å². The SMILES string of the molecule is Cc1nc2c(c(=O)[nH]1)C[C@H]1CC[C@H](C2)N1C(=O)c1ccc(-c2csc(C)n2)cc1. The van der Waals surface area contributed by atoms with Crippen LogP contribution >= 0.6 is 11.3 Å². The average Bonchev–Trinajstić information content (AvgIpc) is 3.25. The van der Waals surface area contributed by atoms with Crippen LogP contribution in [0.4, 0.5) is 0 Å². The topological polar surface area (TPSA) is 79.0 Å². The predicted octanol–water partition coefficient (Wildman–Crippen LogP) is 3.28. The monoisotopic (exact) mass is 406 g/mol. The van der Waals surface area contributed by atoms with Crippen molar-refractivity contribution in [3.63, 3.8) is 0 Å². The molecule has 0 spiro atoms. The Morgan fingerprint density at radius 2 is 1.83 bits per heavy atom. The van der Waals surface area contributed by atoms with Gasteiger partial charge in [0.25, 0.3) is 11.5 Å². The molecule has 3 aromatic rings. The van der Waals surface area contributed by atoms with E-state index in [-0.39, 0.29) is 23.6 Å². The molecule has 1 fully saturated rings. The molecule has 2 aromatic heterocycles. The molecule has 7 heteroatoms. The molecule has 148 valence electrons. The lowest BCUT2D eigenvalue weighted by atomic mass is 9.98. The summed E-state index contributed by atoms with van der Waals surface area (Å²) in [7, 11) is 0. The fourth-order valence-electron chi connectivity index (χ4n) is 4.63. The highest BCUT2D eigenvalue weighted by Crippen LogP contribution is 2.34. The number of benzene rings is 1. The molecule has 2 aliphatic rings. The number of H-pyrrole nitrogens is 1. The molecular formula is C22H22N4O2S. The number of amides is 1. The standard InChI is InChI=1S/C22H22N4O2S/c1-12-23-19-10-17-8-7-16(9-18(19)21(27)24-12)26(17)22(28)15-5-3-14(4-6-15)20-11-29-13(2)25-20/h3-6,11,16-17H,7-10H2,1-2H3,(H,23,24,27)/t16-,17-/m1/s1. The van der Waals surface area contributed by atoms with E-state index in [0.717, 1.165) is 40.4 Å². The smallest absolute Gasteiger partial charge is 0.254 e. The van der Waals surface area contributed by atoms with Gasteiger partial charge in [0.1, 0.15) is 5.82 Å². The van der Waals surface area contributed by atoms with Crippen LogP contribution in [0.2, 0.25) is 0 Å². The highest BCUT2D eigenvalue weighted by atomic mass is 32.1. The molecule has 5 rings (SSSR count). The van der Waals surface area contributed by atoms with Crippen LogP contribution in [0.3, 0.4) is 0 Å². The molecule has 1 aromatic carbocycles. The summed E-state index contributed by atoms with van der Waals surface area (Å²) in [6, 6.07) is 7.86. The second-order valence-electron chi connectivity index (χ2n) is 7.91. The Bertz CT molecular complexity index is 1150. The van der Waals surface area contributed by atoms with Crippen LogP contribution in [0.5, 0.6) is 0 Å². The summed E-state index contributed by atoms with van der Waals surface area (Å²) in [6.07, 6.45) is 3.12. The van der Waals surface area contributed by atoms with E-state index in [4.69, 9.17) is 0 Å². The van der Waals surface area contributed by atoms with E-state index >= 15 is 0 Å². The van der Waals surface area contributed by atoms with Crippen LogP contribution in [0.25, 0.3) is 11.3 Å². The molecule has 2 bridgehead atoms. The molecule has 0 saturated carbocycles. The number of aromatic nitrogens is 3. The maximum absolute atomic E-state index is 13.4. The Morgan fingerprint density at radius 1 is 1.10 bits per heavy atom. The second-order valence-corrected chi connectivity index (χ2v) is 8.97. The first-order valence-corrected chi connectivity index (χ1v) is 10.8. The number of hydrogen-bond acceptors (Lipinski definition) is 5. The third-order valence-electron chi connectivity index (χ3n) is 5.99. The lowest BCUT2D eigenvalue weighted by molar-refractivity contribution is 0.0673. The minimum Gasteiger partial charge on any atom is -0.332 e. The van der Waals surface area contributed by atoms with E-state index in [1.165, 1.54) is 0 Å². The Balaban J connectivity index is 1.43. The minimum absolute atomic E-state index is 0.0412. The molecule has 6 nitrogen and oxygen atoms in total. The summed E-state index contributed by atoms with van der Waals surface area (Å²) in [5.41, 5.74) is 4.18. The van der Waals surface area contributed by atoms with Crippen LogP contribution in [0.15, 0.2) is 34.4 Å². The lowest BCUT2D eigenvalue weighted by Gasteiger charge is -2.28. The Labute approximate surface area is 172 Å². The van der Waals surface area contributed by atoms with Crippen LogP contribution in [0.1, 0.15) is 45.3 Å². The summed E-state index contributed by atoms with van der Waals surface area (Å²) in [4.78, 5) is 39.7. The summed E-state index contributed by atoms with van der Waals surface area (Å²) < 4.78 is 0. The maximum Gasteiger partial charge on any atom is 0.254 e. The van der Waals surface area contributed by atoms with E-state index in [1.54, 1.807) is 18.3 Å². The van der Waals surface area contributed by atoms with Gasteiger partial charge in [-0.25, -0.2) is 9.97 Å². The Hall–Kier alpha value is -2.80. The van der Waals surface area contributed by atoms with Crippen LogP contribution in [-0.2, 0) is 12.8 Å². The molecular weight excluding hydrogens is 384 g/mol. The first kappa shape index (κ1) is 18.2. The van der Waals surface area contributed by atoms with Crippen molar-refractivity contribution in [2.45, 2.75) is 51.6 Å². The zero-order chi connectivity index (χ0) is 20.1. The normalized spacial score (nSPS) is 20.4. The van der Waals surface area contributed by atoms with Crippen LogP contribution in [-0.4, -0.2) is 37.8 Å². The molecule has 0 aliphatic carbocycles. The molecule has 2 aliphatic heterocycles. The summed E-state index contributed by atoms with van der Waals surface area (Å²) in [6.45, 7) is 3.79. The van der Waals surface area contributed by atoms with Gasteiger partial charge in [0, 0.05) is 47.0 Å². The summed E-state index contributed by atoms with van der Waals surface area (Å²) in [5.74, 6) is 0.678. The fourth-order valence-corrected chi connectivity index (χ4v) is 5.25. The van der Waals surface area contributed by atoms with Gasteiger partial charge >= 0.3 is 0 Å². The van der Waals surface area contributed by atoms with Gasteiger partial charge in [-0.15, -0.1) is 11.3 Å². The van der Waals surface area contributed by atoms with Gasteiger partial charge in [0.15, 0.2) is 0 Å². The molecule has 1 N–H and O–H groups in total. The van der Waals surface area contributed by atoms with Crippen LogP contribution in [0, 0.1) is 13.8 Å². The number of thiazole rings is 1. The quantitative estimate of drug-likeness (QED) is 0.708. The number of aromatic amines is 1. The maximum atomic E-state index is 13.4. The van der Waals surface area contributed by atoms with Gasteiger partial charge in [0.05, 0.1) is 16.4 Å². The van der Waals surface area contributed by atoms with E-state index in [9.17, 15) is 9.59 Å². The number of rotatable bonds is 2. The van der Waals surface area contributed by atoms with Crippen molar-refractivity contribution in [1.82, 2.24) is 19.9 Å². The van der Waals surface area contributed by atoms with Crippen molar-refractivity contribution in [2.75, 3.05) is 0 Å². The third kappa shape index (κ3) is 3.19. The molecule has 2 atom stereocenters. The fraction of sp³-hybridized carbons (Fsp3) is 0.364. The molecule has 1 amide bonds. The average molecular weight is 407 g/mol.